The predicted molar refractivity (Wildman–Crippen MR) is 121 cm³/mol. The van der Waals surface area contributed by atoms with Crippen molar-refractivity contribution in [3.8, 4) is 46.6 Å². The van der Waals surface area contributed by atoms with Crippen LogP contribution in [0.15, 0.2) is 35.4 Å². The van der Waals surface area contributed by atoms with E-state index < -0.39 is 46.3 Å². The number of nitriles is 2. The van der Waals surface area contributed by atoms with Crippen LogP contribution in [0.4, 0.5) is 0 Å². The molecule has 2 aromatic rings. The summed E-state index contributed by atoms with van der Waals surface area (Å²) in [5, 5.41) is 80.0. The maximum absolute atomic E-state index is 12.2. The van der Waals surface area contributed by atoms with Gasteiger partial charge < -0.3 is 41.3 Å². The number of benzene rings is 2. The van der Waals surface area contributed by atoms with Crippen LogP contribution < -0.4 is 10.6 Å². The van der Waals surface area contributed by atoms with Crippen molar-refractivity contribution in [3.63, 3.8) is 0 Å². The zero-order chi connectivity index (χ0) is 26.1. The van der Waals surface area contributed by atoms with E-state index in [1.54, 1.807) is 12.1 Å². The van der Waals surface area contributed by atoms with Crippen molar-refractivity contribution in [1.29, 1.82) is 10.5 Å². The van der Waals surface area contributed by atoms with E-state index in [1.807, 2.05) is 0 Å². The Morgan fingerprint density at radius 1 is 0.686 bits per heavy atom. The number of aromatic hydroxyl groups is 6. The number of hydrogen-bond donors (Lipinski definition) is 8. The van der Waals surface area contributed by atoms with E-state index in [0.717, 1.165) is 36.4 Å². The molecule has 8 N–H and O–H groups in total. The van der Waals surface area contributed by atoms with Crippen molar-refractivity contribution < 1.29 is 40.2 Å². The Hall–Kier alpha value is -5.36. The van der Waals surface area contributed by atoms with Gasteiger partial charge in [0.15, 0.2) is 34.5 Å². The Labute approximate surface area is 198 Å². The molecule has 0 heterocycles. The Balaban J connectivity index is 1.91. The monoisotopic (exact) mass is 480 g/mol. The Bertz CT molecular complexity index is 1160. The van der Waals surface area contributed by atoms with Crippen LogP contribution in [-0.2, 0) is 9.59 Å². The Kier molecular flexibility index (Phi) is 8.50. The molecule has 0 atom stereocenters. The summed E-state index contributed by atoms with van der Waals surface area (Å²) < 4.78 is 0. The molecule has 0 aliphatic carbocycles. The number of carbonyl (C=O) groups is 2. The highest BCUT2D eigenvalue weighted by atomic mass is 16.3. The van der Waals surface area contributed by atoms with Crippen LogP contribution in [0.1, 0.15) is 17.5 Å². The molecule has 180 valence electrons. The summed E-state index contributed by atoms with van der Waals surface area (Å²) in [6.07, 6.45) is 2.42. The summed E-state index contributed by atoms with van der Waals surface area (Å²) in [5.41, 5.74) is -0.479. The van der Waals surface area contributed by atoms with Gasteiger partial charge >= 0.3 is 0 Å². The number of carbonyl (C=O) groups excluding carboxylic acids is 2. The maximum atomic E-state index is 12.2. The third-order valence-corrected chi connectivity index (χ3v) is 4.46. The lowest BCUT2D eigenvalue weighted by molar-refractivity contribution is -0.117. The van der Waals surface area contributed by atoms with E-state index in [0.29, 0.717) is 0 Å². The number of phenols is 6. The lowest BCUT2D eigenvalue weighted by Gasteiger charge is -2.07. The first-order valence-electron chi connectivity index (χ1n) is 9.87. The van der Waals surface area contributed by atoms with Gasteiger partial charge in [-0.25, -0.2) is 0 Å². The molecule has 0 saturated carbocycles. The van der Waals surface area contributed by atoms with Gasteiger partial charge in [0.05, 0.1) is 0 Å². The molecular formula is C23H20N4O8. The van der Waals surface area contributed by atoms with Crippen LogP contribution in [0.2, 0.25) is 0 Å². The summed E-state index contributed by atoms with van der Waals surface area (Å²) >= 11 is 0. The molecule has 0 aliphatic heterocycles. The second-order valence-corrected chi connectivity index (χ2v) is 7.02. The number of nitrogens with zero attached hydrogens (tertiary/aromatic N) is 2. The van der Waals surface area contributed by atoms with E-state index in [2.05, 4.69) is 10.6 Å². The SMILES string of the molecule is N#C/C(=C\c1cc(O)c(O)c(O)c1)C(=O)NCCCNC(=O)/C(C#N)=C/c1cc(O)c(O)c(O)c1. The Morgan fingerprint density at radius 3 is 1.29 bits per heavy atom. The molecule has 12 heteroatoms. The number of hydrogen-bond acceptors (Lipinski definition) is 10. The second kappa shape index (κ2) is 11.5. The zero-order valence-electron chi connectivity index (χ0n) is 18.0. The van der Waals surface area contributed by atoms with E-state index in [4.69, 9.17) is 0 Å². The number of nitrogens with one attached hydrogen (secondary N) is 2. The largest absolute Gasteiger partial charge is 0.504 e. The normalized spacial score (nSPS) is 11.3. The van der Waals surface area contributed by atoms with Gasteiger partial charge in [0, 0.05) is 13.1 Å². The molecule has 0 bridgehead atoms. The number of rotatable bonds is 8. The third kappa shape index (κ3) is 6.81. The molecule has 12 nitrogen and oxygen atoms in total. The lowest BCUT2D eigenvalue weighted by atomic mass is 10.1. The predicted octanol–water partition coefficient (Wildman–Crippen LogP) is 1.06. The molecule has 0 aliphatic rings. The van der Waals surface area contributed by atoms with Crippen molar-refractivity contribution in [3.05, 3.63) is 46.5 Å². The van der Waals surface area contributed by atoms with Crippen molar-refractivity contribution in [2.45, 2.75) is 6.42 Å². The summed E-state index contributed by atoms with van der Waals surface area (Å²) in [5.74, 6) is -5.50. The Morgan fingerprint density at radius 2 is 1.00 bits per heavy atom. The fourth-order valence-corrected chi connectivity index (χ4v) is 2.73. The minimum Gasteiger partial charge on any atom is -0.504 e. The third-order valence-electron chi connectivity index (χ3n) is 4.46. The minimum atomic E-state index is -0.754. The van der Waals surface area contributed by atoms with Gasteiger partial charge in [-0.2, -0.15) is 10.5 Å². The van der Waals surface area contributed by atoms with Crippen molar-refractivity contribution in [1.82, 2.24) is 10.6 Å². The first-order chi connectivity index (χ1) is 16.6. The van der Waals surface area contributed by atoms with Crippen LogP contribution in [-0.4, -0.2) is 55.5 Å². The van der Waals surface area contributed by atoms with Gasteiger partial charge in [0.2, 0.25) is 0 Å². The second-order valence-electron chi connectivity index (χ2n) is 7.02. The van der Waals surface area contributed by atoms with Crippen molar-refractivity contribution in [2.24, 2.45) is 0 Å². The summed E-state index contributed by atoms with van der Waals surface area (Å²) in [4.78, 5) is 24.3. The van der Waals surface area contributed by atoms with Crippen LogP contribution >= 0.6 is 0 Å². The van der Waals surface area contributed by atoms with Gasteiger partial charge in [-0.05, 0) is 54.0 Å². The molecule has 0 fully saturated rings. The van der Waals surface area contributed by atoms with E-state index in [9.17, 15) is 50.8 Å². The average Bonchev–Trinajstić information content (AvgIpc) is 2.82. The molecule has 2 rings (SSSR count). The highest BCUT2D eigenvalue weighted by Gasteiger charge is 2.13. The average molecular weight is 480 g/mol. The highest BCUT2D eigenvalue weighted by Crippen LogP contribution is 2.36. The maximum Gasteiger partial charge on any atom is 0.261 e. The molecule has 0 aromatic heterocycles. The van der Waals surface area contributed by atoms with E-state index >= 15 is 0 Å². The van der Waals surface area contributed by atoms with Crippen LogP contribution in [0.25, 0.3) is 12.2 Å². The zero-order valence-corrected chi connectivity index (χ0v) is 18.0. The lowest BCUT2D eigenvalue weighted by Crippen LogP contribution is -2.30. The van der Waals surface area contributed by atoms with Crippen LogP contribution in [0, 0.1) is 22.7 Å². The highest BCUT2D eigenvalue weighted by molar-refractivity contribution is 6.02. The number of amides is 2. The van der Waals surface area contributed by atoms with E-state index in [-0.39, 0.29) is 41.8 Å². The van der Waals surface area contributed by atoms with Gasteiger partial charge in [0.25, 0.3) is 11.8 Å². The standard InChI is InChI=1S/C23H20N4O8/c24-10-14(4-12-6-16(28)20(32)17(29)7-12)22(34)26-2-1-3-27-23(35)15(11-25)5-13-8-18(30)21(33)19(31)9-13/h4-9,28-33H,1-3H2,(H,26,34)(H,27,35)/b14-4+,15-5+. The summed E-state index contributed by atoms with van der Waals surface area (Å²) in [6.45, 7) is 0.102. The van der Waals surface area contributed by atoms with Crippen LogP contribution in [0.3, 0.4) is 0 Å². The fraction of sp³-hybridized carbons (Fsp3) is 0.130. The van der Waals surface area contributed by atoms with Gasteiger partial charge in [-0.3, -0.25) is 9.59 Å². The van der Waals surface area contributed by atoms with Crippen LogP contribution in [0.5, 0.6) is 34.5 Å². The molecule has 2 amide bonds. The smallest absolute Gasteiger partial charge is 0.261 e. The molecule has 35 heavy (non-hydrogen) atoms. The molecule has 0 spiro atoms. The molecule has 2 aromatic carbocycles. The van der Waals surface area contributed by atoms with Gasteiger partial charge in [-0.15, -0.1) is 0 Å². The first-order valence-corrected chi connectivity index (χ1v) is 9.87. The van der Waals surface area contributed by atoms with Crippen molar-refractivity contribution >= 4 is 24.0 Å². The quantitative estimate of drug-likeness (QED) is 0.116. The number of phenolic OH excluding ortho intramolecular Hbond substituents is 6. The molecule has 0 saturated heterocycles. The summed E-state index contributed by atoms with van der Waals surface area (Å²) in [6, 6.07) is 7.57. The fourth-order valence-electron chi connectivity index (χ4n) is 2.73. The van der Waals surface area contributed by atoms with E-state index in [1.165, 1.54) is 0 Å². The molecular weight excluding hydrogens is 460 g/mol. The summed E-state index contributed by atoms with van der Waals surface area (Å²) in [7, 11) is 0. The minimum absolute atomic E-state index is 0.0511. The molecule has 0 unspecified atom stereocenters. The first kappa shape index (κ1) is 25.9. The van der Waals surface area contributed by atoms with Crippen molar-refractivity contribution in [2.75, 3.05) is 13.1 Å². The topological polar surface area (TPSA) is 227 Å². The van der Waals surface area contributed by atoms with Gasteiger partial charge in [-0.1, -0.05) is 0 Å². The van der Waals surface area contributed by atoms with Gasteiger partial charge in [0.1, 0.15) is 23.3 Å². The molecule has 0 radical (unpaired) electrons.